The van der Waals surface area contributed by atoms with Crippen LogP contribution in [0, 0.1) is 0 Å². The van der Waals surface area contributed by atoms with Crippen molar-refractivity contribution >= 4 is 23.9 Å². The second-order valence-electron chi connectivity index (χ2n) is 3.12. The first-order valence-corrected chi connectivity index (χ1v) is 4.89. The van der Waals surface area contributed by atoms with E-state index in [1.807, 2.05) is 0 Å². The van der Waals surface area contributed by atoms with E-state index in [9.17, 15) is 9.59 Å². The number of carbonyl (C=O) groups excluding carboxylic acids is 1. The van der Waals surface area contributed by atoms with Gasteiger partial charge in [-0.1, -0.05) is 11.6 Å². The zero-order chi connectivity index (χ0) is 12.4. The summed E-state index contributed by atoms with van der Waals surface area (Å²) >= 11 is 5.76. The van der Waals surface area contributed by atoms with Gasteiger partial charge in [0.25, 0.3) is 0 Å². The Bertz CT molecular complexity index is 594. The Kier molecular flexibility index (Phi) is 2.88. The third-order valence-electron chi connectivity index (χ3n) is 2.07. The third-order valence-corrected chi connectivity index (χ3v) is 2.36. The van der Waals surface area contributed by atoms with Crippen molar-refractivity contribution in [3.05, 3.63) is 40.9 Å². The Morgan fingerprint density at radius 1 is 1.47 bits per heavy atom. The Balaban J connectivity index is 2.62. The highest BCUT2D eigenvalue weighted by Gasteiger charge is 2.17. The number of aldehydes is 1. The lowest BCUT2D eigenvalue weighted by Gasteiger charge is -2.06. The van der Waals surface area contributed by atoms with Crippen LogP contribution in [0.5, 0.6) is 0 Å². The van der Waals surface area contributed by atoms with Crippen molar-refractivity contribution in [1.82, 2.24) is 14.8 Å². The number of hydrogen-bond acceptors (Lipinski definition) is 4. The highest BCUT2D eigenvalue weighted by molar-refractivity contribution is 6.33. The summed E-state index contributed by atoms with van der Waals surface area (Å²) in [6, 6.07) is 1.46. The van der Waals surface area contributed by atoms with Gasteiger partial charge < -0.3 is 5.11 Å². The molecule has 2 aromatic rings. The fourth-order valence-electron chi connectivity index (χ4n) is 1.35. The number of rotatable bonds is 3. The number of aromatic nitrogens is 3. The summed E-state index contributed by atoms with van der Waals surface area (Å²) in [6.07, 6.45) is 4.58. The number of carbonyl (C=O) groups is 2. The molecule has 2 aromatic heterocycles. The van der Waals surface area contributed by atoms with Crippen LogP contribution in [-0.2, 0) is 0 Å². The lowest BCUT2D eigenvalue weighted by atomic mass is 10.2. The lowest BCUT2D eigenvalue weighted by molar-refractivity contribution is 0.0696. The maximum Gasteiger partial charge on any atom is 0.339 e. The fourth-order valence-corrected chi connectivity index (χ4v) is 1.58. The minimum atomic E-state index is -1.18. The van der Waals surface area contributed by atoms with Gasteiger partial charge in [0, 0.05) is 12.4 Å². The van der Waals surface area contributed by atoms with Crippen LogP contribution in [-0.4, -0.2) is 32.1 Å². The minimum absolute atomic E-state index is 0.0122. The molecule has 0 saturated heterocycles. The Morgan fingerprint density at radius 2 is 2.24 bits per heavy atom. The molecule has 0 atom stereocenters. The lowest BCUT2D eigenvalue weighted by Crippen LogP contribution is -2.07. The van der Waals surface area contributed by atoms with E-state index < -0.39 is 5.97 Å². The van der Waals surface area contributed by atoms with E-state index in [2.05, 4.69) is 10.1 Å². The number of pyridine rings is 1. The van der Waals surface area contributed by atoms with Crippen LogP contribution in [0.15, 0.2) is 24.7 Å². The van der Waals surface area contributed by atoms with E-state index in [-0.39, 0.29) is 22.0 Å². The van der Waals surface area contributed by atoms with Gasteiger partial charge in [0.15, 0.2) is 6.29 Å². The average Bonchev–Trinajstić information content (AvgIpc) is 2.76. The largest absolute Gasteiger partial charge is 0.478 e. The molecule has 0 amide bonds. The van der Waals surface area contributed by atoms with Gasteiger partial charge in [-0.05, 0) is 6.07 Å². The molecule has 7 heteroatoms. The van der Waals surface area contributed by atoms with Crippen LogP contribution in [0.4, 0.5) is 0 Å². The van der Waals surface area contributed by atoms with Crippen LogP contribution >= 0.6 is 11.6 Å². The summed E-state index contributed by atoms with van der Waals surface area (Å²) < 4.78 is 1.24. The zero-order valence-electron chi connectivity index (χ0n) is 8.37. The first kappa shape index (κ1) is 11.3. The van der Waals surface area contributed by atoms with Gasteiger partial charge in [-0.2, -0.15) is 5.10 Å². The number of nitrogens with zero attached hydrogens (tertiary/aromatic N) is 3. The molecule has 2 heterocycles. The molecular formula is C10H6ClN3O3. The predicted molar refractivity (Wildman–Crippen MR) is 58.7 cm³/mol. The zero-order valence-corrected chi connectivity index (χ0v) is 9.13. The summed E-state index contributed by atoms with van der Waals surface area (Å²) in [5.74, 6) is -1.18. The molecule has 86 valence electrons. The van der Waals surface area contributed by atoms with Gasteiger partial charge >= 0.3 is 5.97 Å². The van der Waals surface area contributed by atoms with E-state index >= 15 is 0 Å². The second-order valence-corrected chi connectivity index (χ2v) is 3.53. The monoisotopic (exact) mass is 251 g/mol. The van der Waals surface area contributed by atoms with Gasteiger partial charge in [-0.15, -0.1) is 0 Å². The molecule has 0 saturated carbocycles. The molecule has 0 radical (unpaired) electrons. The van der Waals surface area contributed by atoms with E-state index in [0.717, 1.165) is 0 Å². The van der Waals surface area contributed by atoms with Crippen molar-refractivity contribution in [2.24, 2.45) is 0 Å². The van der Waals surface area contributed by atoms with E-state index in [1.165, 1.54) is 29.3 Å². The van der Waals surface area contributed by atoms with Crippen molar-refractivity contribution < 1.29 is 14.7 Å². The summed E-state index contributed by atoms with van der Waals surface area (Å²) in [5, 5.41) is 12.9. The number of aromatic carboxylic acids is 1. The van der Waals surface area contributed by atoms with Crippen molar-refractivity contribution in [1.29, 1.82) is 0 Å². The Labute approximate surface area is 100 Å². The molecule has 2 rings (SSSR count). The molecule has 0 aliphatic carbocycles. The molecule has 0 aliphatic heterocycles. The van der Waals surface area contributed by atoms with Crippen LogP contribution in [0.2, 0.25) is 5.02 Å². The second kappa shape index (κ2) is 4.34. The average molecular weight is 252 g/mol. The van der Waals surface area contributed by atoms with Crippen molar-refractivity contribution in [3.8, 4) is 5.69 Å². The molecule has 0 fully saturated rings. The fraction of sp³-hybridized carbons (Fsp3) is 0. The molecule has 0 spiro atoms. The topological polar surface area (TPSA) is 85.1 Å². The maximum absolute atomic E-state index is 11.1. The molecule has 0 bridgehead atoms. The van der Waals surface area contributed by atoms with Crippen molar-refractivity contribution in [2.45, 2.75) is 0 Å². The first-order chi connectivity index (χ1) is 8.13. The SMILES string of the molecule is O=Cc1ccn(-c2cncc(Cl)c2C(=O)O)n1. The smallest absolute Gasteiger partial charge is 0.339 e. The summed E-state index contributed by atoms with van der Waals surface area (Å²) in [7, 11) is 0. The highest BCUT2D eigenvalue weighted by atomic mass is 35.5. The van der Waals surface area contributed by atoms with Crippen LogP contribution in [0.1, 0.15) is 20.8 Å². The van der Waals surface area contributed by atoms with E-state index in [4.69, 9.17) is 16.7 Å². The van der Waals surface area contributed by atoms with E-state index in [0.29, 0.717) is 6.29 Å². The maximum atomic E-state index is 11.1. The minimum Gasteiger partial charge on any atom is -0.478 e. The Morgan fingerprint density at radius 3 is 2.82 bits per heavy atom. The molecule has 1 N–H and O–H groups in total. The quantitative estimate of drug-likeness (QED) is 0.834. The standard InChI is InChI=1S/C10H6ClN3O3/c11-7-3-12-4-8(9(7)10(16)17)14-2-1-6(5-15)13-14/h1-5H,(H,16,17). The number of carboxylic acids is 1. The summed E-state index contributed by atoms with van der Waals surface area (Å²) in [4.78, 5) is 25.4. The van der Waals surface area contributed by atoms with Crippen LogP contribution < -0.4 is 0 Å². The van der Waals surface area contributed by atoms with Gasteiger partial charge in [0.1, 0.15) is 11.3 Å². The van der Waals surface area contributed by atoms with Crippen LogP contribution in [0.25, 0.3) is 5.69 Å². The van der Waals surface area contributed by atoms with Gasteiger partial charge in [-0.25, -0.2) is 9.48 Å². The normalized spacial score (nSPS) is 10.2. The number of halogens is 1. The van der Waals surface area contributed by atoms with Gasteiger partial charge in [0.05, 0.1) is 16.9 Å². The van der Waals surface area contributed by atoms with Crippen molar-refractivity contribution in [3.63, 3.8) is 0 Å². The summed E-state index contributed by atoms with van der Waals surface area (Å²) in [5.41, 5.74) is 0.293. The molecule has 0 unspecified atom stereocenters. The molecule has 0 aliphatic rings. The first-order valence-electron chi connectivity index (χ1n) is 4.51. The number of hydrogen-bond donors (Lipinski definition) is 1. The predicted octanol–water partition coefficient (Wildman–Crippen LogP) is 1.43. The highest BCUT2D eigenvalue weighted by Crippen LogP contribution is 2.21. The van der Waals surface area contributed by atoms with Crippen LogP contribution in [0.3, 0.4) is 0 Å². The summed E-state index contributed by atoms with van der Waals surface area (Å²) in [6.45, 7) is 0. The van der Waals surface area contributed by atoms with E-state index in [1.54, 1.807) is 0 Å². The molecule has 17 heavy (non-hydrogen) atoms. The van der Waals surface area contributed by atoms with Gasteiger partial charge in [-0.3, -0.25) is 9.78 Å². The van der Waals surface area contributed by atoms with Gasteiger partial charge in [0.2, 0.25) is 0 Å². The number of carboxylic acid groups (broad SMARTS) is 1. The Hall–Kier alpha value is -2.21. The molecule has 6 nitrogen and oxygen atoms in total. The molecular weight excluding hydrogens is 246 g/mol. The molecule has 0 aromatic carbocycles. The van der Waals surface area contributed by atoms with Crippen molar-refractivity contribution in [2.75, 3.05) is 0 Å². The third kappa shape index (κ3) is 2.02.